The lowest BCUT2D eigenvalue weighted by Crippen LogP contribution is -2.14. The van der Waals surface area contributed by atoms with Gasteiger partial charge in [0.1, 0.15) is 5.82 Å². The highest BCUT2D eigenvalue weighted by molar-refractivity contribution is 6.30. The minimum atomic E-state index is -0.474. The van der Waals surface area contributed by atoms with Gasteiger partial charge in [-0.05, 0) is 47.5 Å². The van der Waals surface area contributed by atoms with Gasteiger partial charge in [-0.25, -0.2) is 4.39 Å². The Labute approximate surface area is 139 Å². The van der Waals surface area contributed by atoms with E-state index in [1.54, 1.807) is 36.4 Å². The van der Waals surface area contributed by atoms with Crippen LogP contribution in [0.5, 0.6) is 0 Å². The summed E-state index contributed by atoms with van der Waals surface area (Å²) in [6, 6.07) is 22.4. The summed E-state index contributed by atoms with van der Waals surface area (Å²) in [7, 11) is 0. The quantitative estimate of drug-likeness (QED) is 0.580. The molecule has 0 fully saturated rings. The highest BCUT2D eigenvalue weighted by Gasteiger charge is 2.23. The molecule has 0 saturated heterocycles. The molecule has 0 bridgehead atoms. The largest absolute Gasteiger partial charge is 0.293 e. The van der Waals surface area contributed by atoms with E-state index < -0.39 is 5.92 Å². The molecule has 3 rings (SSSR count). The molecule has 1 nitrogen and oxygen atoms in total. The van der Waals surface area contributed by atoms with Gasteiger partial charge in [-0.1, -0.05) is 54.1 Å². The standard InChI is InChI=1S/C20H14ClFO/c21-17-10-6-16(7-11-17)20(23)19(14-4-2-1-3-5-14)15-8-12-18(22)13-9-15/h1-13,19H. The van der Waals surface area contributed by atoms with Crippen molar-refractivity contribution in [2.75, 3.05) is 0 Å². The molecule has 0 aliphatic carbocycles. The predicted octanol–water partition coefficient (Wildman–Crippen LogP) is 5.49. The van der Waals surface area contributed by atoms with E-state index in [9.17, 15) is 9.18 Å². The molecular formula is C20H14ClFO. The van der Waals surface area contributed by atoms with Crippen LogP contribution in [0, 0.1) is 5.82 Å². The molecule has 0 aromatic heterocycles. The number of rotatable bonds is 4. The van der Waals surface area contributed by atoms with Crippen LogP contribution in [0.25, 0.3) is 0 Å². The molecule has 3 aromatic rings. The third-order valence-electron chi connectivity index (χ3n) is 3.73. The highest BCUT2D eigenvalue weighted by atomic mass is 35.5. The molecule has 0 radical (unpaired) electrons. The van der Waals surface area contributed by atoms with E-state index in [1.165, 1.54) is 12.1 Å². The summed E-state index contributed by atoms with van der Waals surface area (Å²) in [5.74, 6) is -0.836. The second-order valence-corrected chi connectivity index (χ2v) is 5.70. The maximum Gasteiger partial charge on any atom is 0.174 e. The summed E-state index contributed by atoms with van der Waals surface area (Å²) >= 11 is 5.89. The first kappa shape index (κ1) is 15.4. The van der Waals surface area contributed by atoms with Gasteiger partial charge < -0.3 is 0 Å². The van der Waals surface area contributed by atoms with Crippen molar-refractivity contribution in [2.24, 2.45) is 0 Å². The van der Waals surface area contributed by atoms with Crippen molar-refractivity contribution in [2.45, 2.75) is 5.92 Å². The molecule has 0 N–H and O–H groups in total. The molecule has 1 atom stereocenters. The summed E-state index contributed by atoms with van der Waals surface area (Å²) in [5.41, 5.74) is 2.21. The number of benzene rings is 3. The van der Waals surface area contributed by atoms with Crippen LogP contribution in [0.15, 0.2) is 78.9 Å². The lowest BCUT2D eigenvalue weighted by Gasteiger charge is -2.17. The van der Waals surface area contributed by atoms with E-state index in [2.05, 4.69) is 0 Å². The van der Waals surface area contributed by atoms with Crippen LogP contribution in [0.4, 0.5) is 4.39 Å². The second-order valence-electron chi connectivity index (χ2n) is 5.27. The average Bonchev–Trinajstić information content (AvgIpc) is 2.58. The number of carbonyl (C=O) groups is 1. The van der Waals surface area contributed by atoms with Crippen LogP contribution in [-0.2, 0) is 0 Å². The molecular weight excluding hydrogens is 311 g/mol. The molecule has 0 spiro atoms. The third kappa shape index (κ3) is 3.49. The second kappa shape index (κ2) is 6.76. The Kier molecular flexibility index (Phi) is 4.54. The van der Waals surface area contributed by atoms with Crippen molar-refractivity contribution in [3.05, 3.63) is 106 Å². The first-order valence-electron chi connectivity index (χ1n) is 7.25. The summed E-state index contributed by atoms with van der Waals surface area (Å²) < 4.78 is 13.2. The number of hydrogen-bond acceptors (Lipinski definition) is 1. The van der Waals surface area contributed by atoms with E-state index in [0.717, 1.165) is 11.1 Å². The Bertz CT molecular complexity index is 795. The number of hydrogen-bond donors (Lipinski definition) is 0. The Balaban J connectivity index is 2.06. The minimum Gasteiger partial charge on any atom is -0.293 e. The zero-order chi connectivity index (χ0) is 16.2. The molecule has 0 amide bonds. The van der Waals surface area contributed by atoms with Crippen LogP contribution in [0.1, 0.15) is 27.4 Å². The zero-order valence-corrected chi connectivity index (χ0v) is 13.0. The summed E-state index contributed by atoms with van der Waals surface area (Å²) in [4.78, 5) is 13.0. The first-order valence-corrected chi connectivity index (χ1v) is 7.63. The van der Waals surface area contributed by atoms with Gasteiger partial charge in [-0.3, -0.25) is 4.79 Å². The van der Waals surface area contributed by atoms with Crippen LogP contribution >= 0.6 is 11.6 Å². The molecule has 3 aromatic carbocycles. The summed E-state index contributed by atoms with van der Waals surface area (Å²) in [5, 5.41) is 0.583. The van der Waals surface area contributed by atoms with Crippen molar-refractivity contribution in [1.82, 2.24) is 0 Å². The van der Waals surface area contributed by atoms with Gasteiger partial charge in [0.25, 0.3) is 0 Å². The molecule has 0 aliphatic rings. The Morgan fingerprint density at radius 2 is 1.35 bits per heavy atom. The van der Waals surface area contributed by atoms with Crippen LogP contribution < -0.4 is 0 Å². The molecule has 0 saturated carbocycles. The summed E-state index contributed by atoms with van der Waals surface area (Å²) in [6.07, 6.45) is 0. The van der Waals surface area contributed by atoms with Crippen molar-refractivity contribution in [3.8, 4) is 0 Å². The van der Waals surface area contributed by atoms with Crippen molar-refractivity contribution < 1.29 is 9.18 Å². The maximum atomic E-state index is 13.2. The number of halogens is 2. The van der Waals surface area contributed by atoms with E-state index >= 15 is 0 Å². The van der Waals surface area contributed by atoms with Crippen molar-refractivity contribution in [3.63, 3.8) is 0 Å². The highest BCUT2D eigenvalue weighted by Crippen LogP contribution is 2.29. The van der Waals surface area contributed by atoms with Crippen LogP contribution in [0.2, 0.25) is 5.02 Å². The Morgan fingerprint density at radius 1 is 0.783 bits per heavy atom. The van der Waals surface area contributed by atoms with Gasteiger partial charge in [0.2, 0.25) is 0 Å². The minimum absolute atomic E-state index is 0.0422. The fourth-order valence-corrected chi connectivity index (χ4v) is 2.70. The van der Waals surface area contributed by atoms with E-state index in [1.807, 2.05) is 30.3 Å². The maximum absolute atomic E-state index is 13.2. The van der Waals surface area contributed by atoms with Crippen LogP contribution in [-0.4, -0.2) is 5.78 Å². The molecule has 114 valence electrons. The summed E-state index contributed by atoms with van der Waals surface area (Å²) in [6.45, 7) is 0. The molecule has 23 heavy (non-hydrogen) atoms. The lowest BCUT2D eigenvalue weighted by atomic mass is 9.85. The molecule has 0 heterocycles. The molecule has 1 unspecified atom stereocenters. The Hall–Kier alpha value is -2.45. The van der Waals surface area contributed by atoms with Gasteiger partial charge in [0, 0.05) is 10.6 Å². The number of carbonyl (C=O) groups excluding carboxylic acids is 1. The number of Topliss-reactive ketones (excluding diaryl/α,β-unsaturated/α-hetero) is 1. The predicted molar refractivity (Wildman–Crippen MR) is 90.5 cm³/mol. The van der Waals surface area contributed by atoms with Gasteiger partial charge >= 0.3 is 0 Å². The lowest BCUT2D eigenvalue weighted by molar-refractivity contribution is 0.0974. The molecule has 0 aliphatic heterocycles. The fourth-order valence-electron chi connectivity index (χ4n) is 2.58. The van der Waals surface area contributed by atoms with E-state index in [4.69, 9.17) is 11.6 Å². The smallest absolute Gasteiger partial charge is 0.174 e. The monoisotopic (exact) mass is 324 g/mol. The van der Waals surface area contributed by atoms with E-state index in [-0.39, 0.29) is 11.6 Å². The Morgan fingerprint density at radius 3 is 1.96 bits per heavy atom. The fraction of sp³-hybridized carbons (Fsp3) is 0.0500. The van der Waals surface area contributed by atoms with Gasteiger partial charge in [0.05, 0.1) is 5.92 Å². The van der Waals surface area contributed by atoms with Crippen LogP contribution in [0.3, 0.4) is 0 Å². The third-order valence-corrected chi connectivity index (χ3v) is 3.98. The van der Waals surface area contributed by atoms with Gasteiger partial charge in [-0.2, -0.15) is 0 Å². The van der Waals surface area contributed by atoms with Gasteiger partial charge in [0.15, 0.2) is 5.78 Å². The molecule has 3 heteroatoms. The normalized spacial score (nSPS) is 11.9. The first-order chi connectivity index (χ1) is 11.1. The zero-order valence-electron chi connectivity index (χ0n) is 12.2. The SMILES string of the molecule is O=C(c1ccc(Cl)cc1)C(c1ccccc1)c1ccc(F)cc1. The van der Waals surface area contributed by atoms with Crippen molar-refractivity contribution >= 4 is 17.4 Å². The van der Waals surface area contributed by atoms with Gasteiger partial charge in [-0.15, -0.1) is 0 Å². The topological polar surface area (TPSA) is 17.1 Å². The average molecular weight is 325 g/mol. The van der Waals surface area contributed by atoms with E-state index in [0.29, 0.717) is 10.6 Å². The number of ketones is 1. The van der Waals surface area contributed by atoms with Crippen molar-refractivity contribution in [1.29, 1.82) is 0 Å².